The molecule has 3 nitrogen and oxygen atoms in total. The van der Waals surface area contributed by atoms with Crippen LogP contribution in [0.25, 0.3) is 0 Å². The third-order valence-corrected chi connectivity index (χ3v) is 3.31. The molecule has 0 saturated carbocycles. The number of benzene rings is 1. The van der Waals surface area contributed by atoms with Crippen LogP contribution in [0.4, 0.5) is 0 Å². The van der Waals surface area contributed by atoms with Crippen molar-refractivity contribution in [1.29, 1.82) is 0 Å². The number of aliphatic hydroxyl groups is 1. The Balaban J connectivity index is 2.80. The predicted octanol–water partition coefficient (Wildman–Crippen LogP) is 1.94. The molecule has 0 radical (unpaired) electrons. The van der Waals surface area contributed by atoms with Gasteiger partial charge in [0.25, 0.3) is 0 Å². The standard InChI is InChI=1S/C12H19NO2S/c1-9(13)10-3-4-12(15-2)11(7-10)8-16-6-5-14/h3-4,7,9,14H,5-6,8,13H2,1-2H3. The van der Waals surface area contributed by atoms with Crippen molar-refractivity contribution in [3.63, 3.8) is 0 Å². The Kier molecular flexibility index (Phi) is 5.66. The van der Waals surface area contributed by atoms with Gasteiger partial charge in [-0.2, -0.15) is 11.8 Å². The second-order valence-electron chi connectivity index (χ2n) is 3.64. The van der Waals surface area contributed by atoms with Crippen LogP contribution in [0.3, 0.4) is 0 Å². The summed E-state index contributed by atoms with van der Waals surface area (Å²) in [4.78, 5) is 0. The van der Waals surface area contributed by atoms with E-state index in [1.54, 1.807) is 18.9 Å². The molecule has 0 aliphatic rings. The van der Waals surface area contributed by atoms with Gasteiger partial charge in [0.1, 0.15) is 5.75 Å². The summed E-state index contributed by atoms with van der Waals surface area (Å²) in [5.41, 5.74) is 8.09. The average molecular weight is 241 g/mol. The summed E-state index contributed by atoms with van der Waals surface area (Å²) in [5.74, 6) is 2.46. The normalized spacial score (nSPS) is 12.5. The molecule has 1 rings (SSSR count). The lowest BCUT2D eigenvalue weighted by atomic mass is 10.1. The summed E-state index contributed by atoms with van der Waals surface area (Å²) in [6.07, 6.45) is 0. The fraction of sp³-hybridized carbons (Fsp3) is 0.500. The molecule has 0 heterocycles. The first-order valence-corrected chi connectivity index (χ1v) is 6.45. The zero-order valence-corrected chi connectivity index (χ0v) is 10.6. The van der Waals surface area contributed by atoms with E-state index in [-0.39, 0.29) is 12.6 Å². The van der Waals surface area contributed by atoms with Crippen molar-refractivity contribution in [3.05, 3.63) is 29.3 Å². The van der Waals surface area contributed by atoms with Crippen molar-refractivity contribution < 1.29 is 9.84 Å². The lowest BCUT2D eigenvalue weighted by Gasteiger charge is -2.12. The number of methoxy groups -OCH3 is 1. The molecule has 0 aromatic heterocycles. The minimum Gasteiger partial charge on any atom is -0.496 e. The summed E-state index contributed by atoms with van der Waals surface area (Å²) in [5, 5.41) is 8.74. The van der Waals surface area contributed by atoms with E-state index in [0.717, 1.165) is 28.4 Å². The molecule has 1 unspecified atom stereocenters. The van der Waals surface area contributed by atoms with Crippen molar-refractivity contribution in [2.75, 3.05) is 19.5 Å². The van der Waals surface area contributed by atoms with Crippen LogP contribution in [-0.4, -0.2) is 24.6 Å². The van der Waals surface area contributed by atoms with E-state index >= 15 is 0 Å². The number of hydrogen-bond donors (Lipinski definition) is 2. The predicted molar refractivity (Wildman–Crippen MR) is 68.8 cm³/mol. The lowest BCUT2D eigenvalue weighted by molar-refractivity contribution is 0.322. The van der Waals surface area contributed by atoms with Gasteiger partial charge in [-0.05, 0) is 24.6 Å². The average Bonchev–Trinajstić information content (AvgIpc) is 2.29. The number of aliphatic hydroxyl groups excluding tert-OH is 1. The zero-order valence-electron chi connectivity index (χ0n) is 9.77. The van der Waals surface area contributed by atoms with Gasteiger partial charge in [0.05, 0.1) is 13.7 Å². The summed E-state index contributed by atoms with van der Waals surface area (Å²) >= 11 is 1.69. The second kappa shape index (κ2) is 6.78. The van der Waals surface area contributed by atoms with E-state index in [0.29, 0.717) is 0 Å². The van der Waals surface area contributed by atoms with Crippen molar-refractivity contribution in [2.45, 2.75) is 18.7 Å². The molecule has 0 amide bonds. The number of nitrogens with two attached hydrogens (primary N) is 1. The fourth-order valence-corrected chi connectivity index (χ4v) is 2.16. The minimum absolute atomic E-state index is 0.0347. The highest BCUT2D eigenvalue weighted by Gasteiger charge is 2.06. The Hall–Kier alpha value is -0.710. The van der Waals surface area contributed by atoms with E-state index in [1.165, 1.54) is 0 Å². The molecule has 0 aliphatic carbocycles. The van der Waals surface area contributed by atoms with Crippen LogP contribution < -0.4 is 10.5 Å². The fourth-order valence-electron chi connectivity index (χ4n) is 1.44. The van der Waals surface area contributed by atoms with Crippen molar-refractivity contribution in [1.82, 2.24) is 0 Å². The third-order valence-electron chi connectivity index (χ3n) is 2.32. The second-order valence-corrected chi connectivity index (χ2v) is 4.74. The molecule has 90 valence electrons. The highest BCUT2D eigenvalue weighted by Crippen LogP contribution is 2.26. The molecule has 0 bridgehead atoms. The van der Waals surface area contributed by atoms with Gasteiger partial charge in [-0.15, -0.1) is 0 Å². The Morgan fingerprint density at radius 2 is 2.25 bits per heavy atom. The molecular formula is C12H19NO2S. The largest absolute Gasteiger partial charge is 0.496 e. The van der Waals surface area contributed by atoms with E-state index in [9.17, 15) is 0 Å². The first kappa shape index (κ1) is 13.4. The van der Waals surface area contributed by atoms with Gasteiger partial charge >= 0.3 is 0 Å². The number of rotatable bonds is 6. The van der Waals surface area contributed by atoms with Gasteiger partial charge < -0.3 is 15.6 Å². The van der Waals surface area contributed by atoms with Gasteiger partial charge in [-0.3, -0.25) is 0 Å². The summed E-state index contributed by atoms with van der Waals surface area (Å²) < 4.78 is 5.29. The molecule has 4 heteroatoms. The van der Waals surface area contributed by atoms with Crippen LogP contribution >= 0.6 is 11.8 Å². The highest BCUT2D eigenvalue weighted by molar-refractivity contribution is 7.98. The number of hydrogen-bond acceptors (Lipinski definition) is 4. The zero-order chi connectivity index (χ0) is 12.0. The molecule has 0 spiro atoms. The van der Waals surface area contributed by atoms with Gasteiger partial charge in [0, 0.05) is 23.1 Å². The smallest absolute Gasteiger partial charge is 0.122 e. The first-order chi connectivity index (χ1) is 7.69. The van der Waals surface area contributed by atoms with Crippen molar-refractivity contribution in [2.24, 2.45) is 5.73 Å². The van der Waals surface area contributed by atoms with E-state index in [1.807, 2.05) is 19.1 Å². The minimum atomic E-state index is 0.0347. The van der Waals surface area contributed by atoms with Gasteiger partial charge in [0.2, 0.25) is 0 Å². The maximum atomic E-state index is 8.74. The van der Waals surface area contributed by atoms with Crippen molar-refractivity contribution >= 4 is 11.8 Å². The van der Waals surface area contributed by atoms with Crippen LogP contribution in [-0.2, 0) is 5.75 Å². The number of thioether (sulfide) groups is 1. The Labute approximate surface area is 101 Å². The third kappa shape index (κ3) is 3.70. The molecular weight excluding hydrogens is 222 g/mol. The molecule has 16 heavy (non-hydrogen) atoms. The molecule has 0 fully saturated rings. The topological polar surface area (TPSA) is 55.5 Å². The Morgan fingerprint density at radius 3 is 2.81 bits per heavy atom. The molecule has 3 N–H and O–H groups in total. The molecule has 1 aromatic rings. The SMILES string of the molecule is COc1ccc(C(C)N)cc1CSCCO. The number of ether oxygens (including phenoxy) is 1. The maximum absolute atomic E-state index is 8.74. The van der Waals surface area contributed by atoms with Gasteiger partial charge in [-0.1, -0.05) is 6.07 Å². The van der Waals surface area contributed by atoms with Crippen LogP contribution in [0.15, 0.2) is 18.2 Å². The molecule has 0 aliphatic heterocycles. The summed E-state index contributed by atoms with van der Waals surface area (Å²) in [7, 11) is 1.67. The van der Waals surface area contributed by atoms with E-state index in [4.69, 9.17) is 15.6 Å². The molecule has 0 saturated heterocycles. The van der Waals surface area contributed by atoms with E-state index < -0.39 is 0 Å². The van der Waals surface area contributed by atoms with Crippen LogP contribution in [0.2, 0.25) is 0 Å². The maximum Gasteiger partial charge on any atom is 0.122 e. The highest BCUT2D eigenvalue weighted by atomic mass is 32.2. The molecule has 1 atom stereocenters. The summed E-state index contributed by atoms with van der Waals surface area (Å²) in [6.45, 7) is 2.17. The Morgan fingerprint density at radius 1 is 1.50 bits per heavy atom. The van der Waals surface area contributed by atoms with E-state index in [2.05, 4.69) is 6.07 Å². The monoisotopic (exact) mass is 241 g/mol. The quantitative estimate of drug-likeness (QED) is 0.747. The van der Waals surface area contributed by atoms with Gasteiger partial charge in [0.15, 0.2) is 0 Å². The lowest BCUT2D eigenvalue weighted by Crippen LogP contribution is -2.05. The van der Waals surface area contributed by atoms with Crippen LogP contribution in [0, 0.1) is 0 Å². The van der Waals surface area contributed by atoms with Crippen LogP contribution in [0.5, 0.6) is 5.75 Å². The van der Waals surface area contributed by atoms with Crippen molar-refractivity contribution in [3.8, 4) is 5.75 Å². The van der Waals surface area contributed by atoms with Gasteiger partial charge in [-0.25, -0.2) is 0 Å². The first-order valence-electron chi connectivity index (χ1n) is 5.30. The Bertz CT molecular complexity index is 329. The summed E-state index contributed by atoms with van der Waals surface area (Å²) in [6, 6.07) is 6.05. The molecule has 1 aromatic carbocycles. The van der Waals surface area contributed by atoms with Crippen LogP contribution in [0.1, 0.15) is 24.1 Å².